The second kappa shape index (κ2) is 73.8. The minimum absolute atomic E-state index is 0.106. The van der Waals surface area contributed by atoms with Gasteiger partial charge in [-0.15, -0.1) is 0 Å². The topological polar surface area (TPSA) is 237 Å². The standard InChI is InChI=1S/C85H166O17P2/c1-75(2)61-53-45-37-31-25-19-14-11-9-10-12-16-22-28-34-40-49-57-65-82(87)95-71-80(101-84(89)67-59-51-41-35-29-23-17-13-15-20-26-32-38-46-54-62-76(3)4)73-99-103(91,92)97-69-79(86)70-98-104(93,94)100-74-81(72-96-83(88)66-58-50-44-43-48-56-64-78(7)8)102-85(90)68-60-52-42-36-30-24-18-21-27-33-39-47-55-63-77(5)6/h75-81,86H,9-74H2,1-8H3,(H,91,92)(H,93,94)/t79-,80-,81-/m1/s1. The Bertz CT molecular complexity index is 2020. The molecule has 0 spiro atoms. The van der Waals surface area contributed by atoms with E-state index < -0.39 is 97.5 Å². The largest absolute Gasteiger partial charge is 0.472 e. The van der Waals surface area contributed by atoms with Crippen molar-refractivity contribution in [3.8, 4) is 0 Å². The molecule has 0 heterocycles. The number of aliphatic hydroxyl groups excluding tert-OH is 1. The Morgan fingerprint density at radius 2 is 0.404 bits per heavy atom. The number of carbonyl (C=O) groups is 4. The summed E-state index contributed by atoms with van der Waals surface area (Å²) in [7, 11) is -9.93. The number of rotatable bonds is 82. The van der Waals surface area contributed by atoms with E-state index in [9.17, 15) is 43.2 Å². The van der Waals surface area contributed by atoms with Crippen molar-refractivity contribution in [2.24, 2.45) is 23.7 Å². The highest BCUT2D eigenvalue weighted by Crippen LogP contribution is 2.45. The van der Waals surface area contributed by atoms with E-state index in [-0.39, 0.29) is 25.7 Å². The Kier molecular flexibility index (Phi) is 72.5. The highest BCUT2D eigenvalue weighted by Gasteiger charge is 2.30. The van der Waals surface area contributed by atoms with E-state index in [2.05, 4.69) is 55.4 Å². The molecule has 2 unspecified atom stereocenters. The van der Waals surface area contributed by atoms with Crippen LogP contribution in [-0.2, 0) is 65.4 Å². The van der Waals surface area contributed by atoms with E-state index in [1.807, 2.05) is 0 Å². The second-order valence-electron chi connectivity index (χ2n) is 32.5. The maximum absolute atomic E-state index is 13.1. The third-order valence-corrected chi connectivity index (χ3v) is 21.7. The van der Waals surface area contributed by atoms with Crippen LogP contribution in [-0.4, -0.2) is 96.7 Å². The van der Waals surface area contributed by atoms with Crippen LogP contribution in [0.4, 0.5) is 0 Å². The molecule has 0 aromatic rings. The monoisotopic (exact) mass is 1520 g/mol. The Labute approximate surface area is 638 Å². The second-order valence-corrected chi connectivity index (χ2v) is 35.4. The third kappa shape index (κ3) is 78.2. The van der Waals surface area contributed by atoms with Crippen molar-refractivity contribution in [3.63, 3.8) is 0 Å². The predicted octanol–water partition coefficient (Wildman–Crippen LogP) is 25.6. The minimum atomic E-state index is -4.97. The Hall–Kier alpha value is -1.94. The van der Waals surface area contributed by atoms with Crippen molar-refractivity contribution in [1.29, 1.82) is 0 Å². The molecule has 0 aliphatic rings. The zero-order valence-electron chi connectivity index (χ0n) is 68.7. The number of hydrogen-bond acceptors (Lipinski definition) is 15. The van der Waals surface area contributed by atoms with Crippen molar-refractivity contribution in [2.75, 3.05) is 39.6 Å². The number of unbranched alkanes of at least 4 members (excludes halogenated alkanes) is 48. The average molecular weight is 1520 g/mol. The Morgan fingerprint density at radius 1 is 0.240 bits per heavy atom. The molecule has 618 valence electrons. The van der Waals surface area contributed by atoms with Gasteiger partial charge in [-0.25, -0.2) is 9.13 Å². The SMILES string of the molecule is CC(C)CCCCCCCCCCCCCCCCCCCCC(=O)OC[C@H](COP(=O)(O)OC[C@@H](O)COP(=O)(O)OC[C@@H](COC(=O)CCCCCCCCC(C)C)OC(=O)CCCCCCCCCCCCCCCC(C)C)OC(=O)CCCCCCCCCCCCCCCCCC(C)C. The molecular weight excluding hydrogens is 1350 g/mol. The van der Waals surface area contributed by atoms with Crippen LogP contribution >= 0.6 is 15.6 Å². The summed E-state index contributed by atoms with van der Waals surface area (Å²) in [5.74, 6) is 0.981. The Morgan fingerprint density at radius 3 is 0.596 bits per heavy atom. The molecule has 3 N–H and O–H groups in total. The summed E-state index contributed by atoms with van der Waals surface area (Å²) in [6.07, 6.45) is 62.7. The minimum Gasteiger partial charge on any atom is -0.462 e. The third-order valence-electron chi connectivity index (χ3n) is 19.8. The van der Waals surface area contributed by atoms with Gasteiger partial charge in [0, 0.05) is 25.7 Å². The molecule has 5 atom stereocenters. The molecule has 19 heteroatoms. The van der Waals surface area contributed by atoms with Crippen molar-refractivity contribution >= 4 is 39.5 Å². The molecule has 17 nitrogen and oxygen atoms in total. The molecule has 0 radical (unpaired) electrons. The highest BCUT2D eigenvalue weighted by atomic mass is 31.2. The molecule has 0 saturated heterocycles. The number of phosphoric ester groups is 2. The maximum Gasteiger partial charge on any atom is 0.472 e. The van der Waals surface area contributed by atoms with Gasteiger partial charge in [-0.3, -0.25) is 37.3 Å². The van der Waals surface area contributed by atoms with E-state index >= 15 is 0 Å². The van der Waals surface area contributed by atoms with Gasteiger partial charge in [0.25, 0.3) is 0 Å². The van der Waals surface area contributed by atoms with Crippen molar-refractivity contribution in [1.82, 2.24) is 0 Å². The first-order valence-corrected chi connectivity index (χ1v) is 46.7. The number of aliphatic hydroxyl groups is 1. The van der Waals surface area contributed by atoms with Crippen LogP contribution in [0.15, 0.2) is 0 Å². The normalized spacial score (nSPS) is 14.0. The molecule has 0 rings (SSSR count). The van der Waals surface area contributed by atoms with E-state index in [0.717, 1.165) is 114 Å². The molecular formula is C85H166O17P2. The molecule has 0 amide bonds. The smallest absolute Gasteiger partial charge is 0.462 e. The summed E-state index contributed by atoms with van der Waals surface area (Å²) >= 11 is 0. The van der Waals surface area contributed by atoms with Gasteiger partial charge < -0.3 is 33.8 Å². The summed E-state index contributed by atoms with van der Waals surface area (Å²) < 4.78 is 68.8. The molecule has 0 aliphatic carbocycles. The van der Waals surface area contributed by atoms with Crippen LogP contribution < -0.4 is 0 Å². The fourth-order valence-electron chi connectivity index (χ4n) is 13.1. The van der Waals surface area contributed by atoms with Gasteiger partial charge in [0.2, 0.25) is 0 Å². The van der Waals surface area contributed by atoms with E-state index in [1.165, 1.54) is 238 Å². The lowest BCUT2D eigenvalue weighted by molar-refractivity contribution is -0.161. The van der Waals surface area contributed by atoms with Crippen LogP contribution in [0.2, 0.25) is 0 Å². The number of hydrogen-bond donors (Lipinski definition) is 3. The summed E-state index contributed by atoms with van der Waals surface area (Å²) in [5.41, 5.74) is 0. The molecule has 104 heavy (non-hydrogen) atoms. The summed E-state index contributed by atoms with van der Waals surface area (Å²) in [6, 6.07) is 0. The summed E-state index contributed by atoms with van der Waals surface area (Å²) in [4.78, 5) is 73.1. The Balaban J connectivity index is 5.21. The summed E-state index contributed by atoms with van der Waals surface area (Å²) in [5, 5.41) is 10.7. The lowest BCUT2D eigenvalue weighted by Crippen LogP contribution is -2.30. The lowest BCUT2D eigenvalue weighted by Gasteiger charge is -2.21. The molecule has 0 bridgehead atoms. The molecule has 0 aromatic heterocycles. The molecule has 0 aromatic carbocycles. The highest BCUT2D eigenvalue weighted by molar-refractivity contribution is 7.47. The van der Waals surface area contributed by atoms with Gasteiger partial charge in [0.15, 0.2) is 12.2 Å². The summed E-state index contributed by atoms with van der Waals surface area (Å²) in [6.45, 7) is 14.3. The van der Waals surface area contributed by atoms with E-state index in [4.69, 9.17) is 37.0 Å². The van der Waals surface area contributed by atoms with Gasteiger partial charge >= 0.3 is 39.5 Å². The number of ether oxygens (including phenoxy) is 4. The number of phosphoric acid groups is 2. The van der Waals surface area contributed by atoms with Crippen molar-refractivity contribution < 1.29 is 80.2 Å². The molecule has 0 fully saturated rings. The maximum atomic E-state index is 13.1. The van der Waals surface area contributed by atoms with Gasteiger partial charge in [-0.1, -0.05) is 389 Å². The quantitative estimate of drug-likeness (QED) is 0.0222. The lowest BCUT2D eigenvalue weighted by atomic mass is 10.0. The van der Waals surface area contributed by atoms with Gasteiger partial charge in [0.1, 0.15) is 19.3 Å². The first kappa shape index (κ1) is 102. The average Bonchev–Trinajstić information content (AvgIpc) is 0.988. The van der Waals surface area contributed by atoms with Crippen LogP contribution in [0, 0.1) is 23.7 Å². The first-order chi connectivity index (χ1) is 50.1. The van der Waals surface area contributed by atoms with E-state index in [1.54, 1.807) is 0 Å². The van der Waals surface area contributed by atoms with Crippen molar-refractivity contribution in [3.05, 3.63) is 0 Å². The molecule has 0 saturated carbocycles. The number of carbonyl (C=O) groups excluding carboxylic acids is 4. The zero-order chi connectivity index (χ0) is 76.7. The van der Waals surface area contributed by atoms with Gasteiger partial charge in [-0.2, -0.15) is 0 Å². The van der Waals surface area contributed by atoms with Crippen LogP contribution in [0.3, 0.4) is 0 Å². The zero-order valence-corrected chi connectivity index (χ0v) is 70.5. The molecule has 0 aliphatic heterocycles. The fourth-order valence-corrected chi connectivity index (χ4v) is 14.7. The first-order valence-electron chi connectivity index (χ1n) is 43.7. The predicted molar refractivity (Wildman–Crippen MR) is 428 cm³/mol. The van der Waals surface area contributed by atoms with Gasteiger partial charge in [-0.05, 0) is 49.4 Å². The van der Waals surface area contributed by atoms with Crippen LogP contribution in [0.5, 0.6) is 0 Å². The van der Waals surface area contributed by atoms with Crippen molar-refractivity contribution in [2.45, 2.75) is 459 Å². The number of esters is 4. The van der Waals surface area contributed by atoms with Gasteiger partial charge in [0.05, 0.1) is 26.4 Å². The van der Waals surface area contributed by atoms with E-state index in [0.29, 0.717) is 31.6 Å². The van der Waals surface area contributed by atoms with Crippen LogP contribution in [0.25, 0.3) is 0 Å². The fraction of sp³-hybridized carbons (Fsp3) is 0.953. The van der Waals surface area contributed by atoms with Crippen LogP contribution in [0.1, 0.15) is 441 Å².